The van der Waals surface area contributed by atoms with E-state index in [0.29, 0.717) is 19.3 Å². The molecule has 1 aliphatic heterocycles. The first-order chi connectivity index (χ1) is 11.6. The van der Waals surface area contributed by atoms with Crippen molar-refractivity contribution in [1.29, 1.82) is 0 Å². The van der Waals surface area contributed by atoms with Gasteiger partial charge in [0.1, 0.15) is 12.3 Å². The van der Waals surface area contributed by atoms with Gasteiger partial charge in [-0.3, -0.25) is 4.79 Å². The third-order valence-electron chi connectivity index (χ3n) is 4.71. The van der Waals surface area contributed by atoms with Crippen molar-refractivity contribution < 1.29 is 19.4 Å². The molecule has 5 atom stereocenters. The smallest absolute Gasteiger partial charge is 0.219 e. The summed E-state index contributed by atoms with van der Waals surface area (Å²) in [6.45, 7) is 1.96. The molecule has 1 heterocycles. The molecular weight excluding hydrogens is 311 g/mol. The summed E-state index contributed by atoms with van der Waals surface area (Å²) in [5.74, 6) is -0.163. The highest BCUT2D eigenvalue weighted by Crippen LogP contribution is 2.26. The van der Waals surface area contributed by atoms with Crippen LogP contribution in [0.15, 0.2) is 30.3 Å². The lowest BCUT2D eigenvalue weighted by molar-refractivity contribution is -0.120. The molecule has 0 spiro atoms. The van der Waals surface area contributed by atoms with E-state index in [0.717, 1.165) is 5.56 Å². The van der Waals surface area contributed by atoms with Crippen LogP contribution >= 0.6 is 0 Å². The highest BCUT2D eigenvalue weighted by Gasteiger charge is 2.42. The molecule has 5 nitrogen and oxygen atoms in total. The van der Waals surface area contributed by atoms with Gasteiger partial charge in [0.25, 0.3) is 0 Å². The third-order valence-corrected chi connectivity index (χ3v) is 4.71. The second-order valence-electron chi connectivity index (χ2n) is 6.34. The van der Waals surface area contributed by atoms with Crippen LogP contribution in [0.5, 0.6) is 0 Å². The minimum atomic E-state index is -1.37. The molecule has 1 fully saturated rings. The zero-order valence-corrected chi connectivity index (χ0v) is 14.0. The molecule has 24 heavy (non-hydrogen) atoms. The van der Waals surface area contributed by atoms with E-state index in [1.807, 2.05) is 30.3 Å². The molecular formula is C18H27FN2O3. The first kappa shape index (κ1) is 18.8. The number of aliphatic hydroxyl groups is 2. The standard InChI is InChI=1S/C18H27FN2O3/c1-2-16(23)20-10-15-18(24)17(19)14(21-15)9-8-13(11-22)12-6-4-3-5-7-12/h3-7,13-15,17-18,21-22,24H,2,8-11H2,1H3,(H,20,23)/t13?,14-,15-,17-,18-/m1/s1. The first-order valence-corrected chi connectivity index (χ1v) is 8.57. The summed E-state index contributed by atoms with van der Waals surface area (Å²) in [5.41, 5.74) is 1.03. The summed E-state index contributed by atoms with van der Waals surface area (Å²) in [7, 11) is 0. The van der Waals surface area contributed by atoms with E-state index in [-0.39, 0.29) is 25.0 Å². The van der Waals surface area contributed by atoms with Gasteiger partial charge in [-0.25, -0.2) is 4.39 Å². The fourth-order valence-corrected chi connectivity index (χ4v) is 3.17. The number of alkyl halides is 1. The Labute approximate surface area is 142 Å². The fourth-order valence-electron chi connectivity index (χ4n) is 3.17. The summed E-state index contributed by atoms with van der Waals surface area (Å²) < 4.78 is 14.3. The summed E-state index contributed by atoms with van der Waals surface area (Å²) in [6.07, 6.45) is -1.00. The number of nitrogens with one attached hydrogen (secondary N) is 2. The van der Waals surface area contributed by atoms with E-state index in [1.165, 1.54) is 0 Å². The van der Waals surface area contributed by atoms with Gasteiger partial charge in [-0.15, -0.1) is 0 Å². The summed E-state index contributed by atoms with van der Waals surface area (Å²) in [5, 5.41) is 25.4. The lowest BCUT2D eigenvalue weighted by Gasteiger charge is -2.19. The van der Waals surface area contributed by atoms with Gasteiger partial charge in [0.2, 0.25) is 5.91 Å². The Hall–Kier alpha value is -1.50. The number of carbonyl (C=O) groups excluding carboxylic acids is 1. The quantitative estimate of drug-likeness (QED) is 0.572. The predicted octanol–water partition coefficient (Wildman–Crippen LogP) is 1.11. The molecule has 1 amide bonds. The van der Waals surface area contributed by atoms with Crippen molar-refractivity contribution in [1.82, 2.24) is 10.6 Å². The van der Waals surface area contributed by atoms with E-state index in [9.17, 15) is 19.4 Å². The number of halogens is 1. The monoisotopic (exact) mass is 338 g/mol. The van der Waals surface area contributed by atoms with E-state index < -0.39 is 24.4 Å². The molecule has 0 aromatic heterocycles. The molecule has 2 rings (SSSR count). The van der Waals surface area contributed by atoms with E-state index in [2.05, 4.69) is 10.6 Å². The van der Waals surface area contributed by atoms with E-state index in [4.69, 9.17) is 0 Å². The molecule has 134 valence electrons. The Morgan fingerprint density at radius 2 is 2.04 bits per heavy atom. The summed E-state index contributed by atoms with van der Waals surface area (Å²) in [4.78, 5) is 11.3. The number of aliphatic hydroxyl groups excluding tert-OH is 2. The number of carbonyl (C=O) groups is 1. The van der Waals surface area contributed by atoms with Gasteiger partial charge in [-0.1, -0.05) is 37.3 Å². The summed E-state index contributed by atoms with van der Waals surface area (Å²) >= 11 is 0. The molecule has 0 bridgehead atoms. The van der Waals surface area contributed by atoms with Gasteiger partial charge in [0.05, 0.1) is 6.04 Å². The van der Waals surface area contributed by atoms with Gasteiger partial charge in [-0.2, -0.15) is 0 Å². The normalized spacial score (nSPS) is 27.8. The van der Waals surface area contributed by atoms with Crippen LogP contribution in [0.1, 0.15) is 37.7 Å². The minimum absolute atomic E-state index is 0.00618. The maximum absolute atomic E-state index is 14.3. The Morgan fingerprint density at radius 3 is 2.67 bits per heavy atom. The summed E-state index contributed by atoms with van der Waals surface area (Å²) in [6, 6.07) is 8.70. The maximum Gasteiger partial charge on any atom is 0.219 e. The van der Waals surface area contributed by atoms with Crippen molar-refractivity contribution in [2.45, 2.75) is 56.5 Å². The van der Waals surface area contributed by atoms with Gasteiger partial charge in [0.15, 0.2) is 0 Å². The molecule has 4 N–H and O–H groups in total. The maximum atomic E-state index is 14.3. The Morgan fingerprint density at radius 1 is 1.33 bits per heavy atom. The van der Waals surface area contributed by atoms with Crippen LogP contribution in [-0.4, -0.2) is 53.6 Å². The zero-order valence-electron chi connectivity index (χ0n) is 14.0. The highest BCUT2D eigenvalue weighted by molar-refractivity contribution is 5.75. The predicted molar refractivity (Wildman–Crippen MR) is 90.4 cm³/mol. The first-order valence-electron chi connectivity index (χ1n) is 8.57. The van der Waals surface area contributed by atoms with Gasteiger partial charge in [0, 0.05) is 31.5 Å². The van der Waals surface area contributed by atoms with Crippen LogP contribution in [0.25, 0.3) is 0 Å². The molecule has 1 aromatic carbocycles. The Kier molecular flexibility index (Phi) is 7.15. The minimum Gasteiger partial charge on any atom is -0.396 e. The van der Waals surface area contributed by atoms with Crippen LogP contribution in [0.4, 0.5) is 4.39 Å². The van der Waals surface area contributed by atoms with Crippen LogP contribution < -0.4 is 10.6 Å². The molecule has 1 aliphatic rings. The van der Waals surface area contributed by atoms with Crippen molar-refractivity contribution in [3.8, 4) is 0 Å². The van der Waals surface area contributed by atoms with E-state index >= 15 is 0 Å². The average Bonchev–Trinajstić information content (AvgIpc) is 2.89. The Bertz CT molecular complexity index is 514. The van der Waals surface area contributed by atoms with Crippen LogP contribution in [0.2, 0.25) is 0 Å². The number of hydrogen-bond donors (Lipinski definition) is 4. The number of rotatable bonds is 8. The van der Waals surface area contributed by atoms with Crippen molar-refractivity contribution in [2.24, 2.45) is 0 Å². The van der Waals surface area contributed by atoms with Crippen molar-refractivity contribution >= 4 is 5.91 Å². The SMILES string of the molecule is CCC(=O)NC[C@H]1N[C@H](CCC(CO)c2ccccc2)[C@@H](F)[C@@H]1O. The zero-order chi connectivity index (χ0) is 17.5. The molecule has 0 radical (unpaired) electrons. The lowest BCUT2D eigenvalue weighted by Crippen LogP contribution is -2.43. The van der Waals surface area contributed by atoms with Gasteiger partial charge >= 0.3 is 0 Å². The topological polar surface area (TPSA) is 81.6 Å². The molecule has 6 heteroatoms. The van der Waals surface area contributed by atoms with Crippen LogP contribution in [0, 0.1) is 0 Å². The highest BCUT2D eigenvalue weighted by atomic mass is 19.1. The average molecular weight is 338 g/mol. The van der Waals surface area contributed by atoms with E-state index in [1.54, 1.807) is 6.92 Å². The second-order valence-corrected chi connectivity index (χ2v) is 6.34. The van der Waals surface area contributed by atoms with Gasteiger partial charge in [-0.05, 0) is 18.4 Å². The van der Waals surface area contributed by atoms with Crippen molar-refractivity contribution in [3.05, 3.63) is 35.9 Å². The lowest BCUT2D eigenvalue weighted by atomic mass is 9.92. The number of benzene rings is 1. The van der Waals surface area contributed by atoms with Crippen molar-refractivity contribution in [2.75, 3.05) is 13.2 Å². The molecule has 0 aliphatic carbocycles. The van der Waals surface area contributed by atoms with Gasteiger partial charge < -0.3 is 20.8 Å². The fraction of sp³-hybridized carbons (Fsp3) is 0.611. The third kappa shape index (κ3) is 4.75. The molecule has 1 aromatic rings. The number of amides is 1. The van der Waals surface area contributed by atoms with Crippen LogP contribution in [-0.2, 0) is 4.79 Å². The molecule has 1 saturated heterocycles. The Balaban J connectivity index is 1.87. The molecule has 1 unspecified atom stereocenters. The van der Waals surface area contributed by atoms with Crippen molar-refractivity contribution in [3.63, 3.8) is 0 Å². The van der Waals surface area contributed by atoms with Crippen LogP contribution in [0.3, 0.4) is 0 Å². The second kappa shape index (κ2) is 9.11. The molecule has 0 saturated carbocycles. The largest absolute Gasteiger partial charge is 0.396 e. The number of hydrogen-bond acceptors (Lipinski definition) is 4.